The van der Waals surface area contributed by atoms with Crippen LogP contribution in [0.5, 0.6) is 0 Å². The molecule has 7 aromatic carbocycles. The standard InChI is InChI=1S/C40H25NOS/c1-2-10-28(11-3-1)41(30-22-23-33-32-12-5-7-16-37(32)43-38(33)25-30)29-20-17-26(18-21-29)31-14-8-9-27-19-24-36-40(39(27)31)34-13-4-6-15-35(34)42-36/h1-25H. The lowest BCUT2D eigenvalue weighted by molar-refractivity contribution is 0.669. The Hall–Kier alpha value is -5.38. The van der Waals surface area contributed by atoms with E-state index in [4.69, 9.17) is 4.42 Å². The quantitative estimate of drug-likeness (QED) is 0.210. The molecular weight excluding hydrogens is 543 g/mol. The molecule has 2 heterocycles. The van der Waals surface area contributed by atoms with E-state index in [1.807, 2.05) is 23.5 Å². The number of hydrogen-bond acceptors (Lipinski definition) is 3. The number of furan rings is 1. The van der Waals surface area contributed by atoms with Gasteiger partial charge in [0.15, 0.2) is 0 Å². The van der Waals surface area contributed by atoms with Gasteiger partial charge in [0, 0.05) is 53.4 Å². The number of rotatable bonds is 4. The Morgan fingerprint density at radius 3 is 2.05 bits per heavy atom. The maximum atomic E-state index is 6.24. The van der Waals surface area contributed by atoms with Crippen LogP contribution in [-0.2, 0) is 0 Å². The predicted molar refractivity (Wildman–Crippen MR) is 184 cm³/mol. The molecule has 0 aliphatic carbocycles. The molecule has 0 amide bonds. The normalized spacial score (nSPS) is 11.7. The summed E-state index contributed by atoms with van der Waals surface area (Å²) in [6.45, 7) is 0. The van der Waals surface area contributed by atoms with Gasteiger partial charge in [-0.3, -0.25) is 0 Å². The molecule has 3 heteroatoms. The first kappa shape index (κ1) is 24.2. The lowest BCUT2D eigenvalue weighted by Crippen LogP contribution is -2.09. The van der Waals surface area contributed by atoms with Gasteiger partial charge >= 0.3 is 0 Å². The number of hydrogen-bond donors (Lipinski definition) is 0. The van der Waals surface area contributed by atoms with E-state index in [2.05, 4.69) is 144 Å². The lowest BCUT2D eigenvalue weighted by atomic mass is 9.94. The third-order valence-electron chi connectivity index (χ3n) is 8.46. The molecular formula is C40H25NOS. The summed E-state index contributed by atoms with van der Waals surface area (Å²) < 4.78 is 8.86. The molecule has 0 aliphatic rings. The topological polar surface area (TPSA) is 16.4 Å². The average molecular weight is 568 g/mol. The van der Waals surface area contributed by atoms with Gasteiger partial charge in [0.05, 0.1) is 0 Å². The minimum atomic E-state index is 0.921. The fourth-order valence-electron chi connectivity index (χ4n) is 6.50. The van der Waals surface area contributed by atoms with Crippen LogP contribution in [0.4, 0.5) is 17.1 Å². The fraction of sp³-hybridized carbons (Fsp3) is 0. The molecule has 0 radical (unpaired) electrons. The highest BCUT2D eigenvalue weighted by Crippen LogP contribution is 2.43. The molecule has 0 N–H and O–H groups in total. The Kier molecular flexibility index (Phi) is 5.40. The zero-order chi connectivity index (χ0) is 28.3. The zero-order valence-electron chi connectivity index (χ0n) is 23.2. The Bertz CT molecular complexity index is 2450. The largest absolute Gasteiger partial charge is 0.456 e. The molecule has 0 atom stereocenters. The molecule has 0 bridgehead atoms. The second-order valence-corrected chi connectivity index (χ2v) is 12.0. The van der Waals surface area contributed by atoms with Gasteiger partial charge in [-0.2, -0.15) is 0 Å². The van der Waals surface area contributed by atoms with E-state index in [9.17, 15) is 0 Å². The number of anilines is 3. The van der Waals surface area contributed by atoms with Gasteiger partial charge in [-0.25, -0.2) is 0 Å². The zero-order valence-corrected chi connectivity index (χ0v) is 24.0. The molecule has 43 heavy (non-hydrogen) atoms. The second-order valence-electron chi connectivity index (χ2n) is 10.9. The summed E-state index contributed by atoms with van der Waals surface area (Å²) in [6.07, 6.45) is 0. The third-order valence-corrected chi connectivity index (χ3v) is 9.59. The maximum Gasteiger partial charge on any atom is 0.136 e. The van der Waals surface area contributed by atoms with Crippen molar-refractivity contribution < 1.29 is 4.42 Å². The highest BCUT2D eigenvalue weighted by molar-refractivity contribution is 7.25. The van der Waals surface area contributed by atoms with E-state index in [0.29, 0.717) is 0 Å². The Balaban J connectivity index is 1.20. The van der Waals surface area contributed by atoms with Gasteiger partial charge in [-0.05, 0) is 71.1 Å². The van der Waals surface area contributed by atoms with Crippen LogP contribution >= 0.6 is 11.3 Å². The van der Waals surface area contributed by atoms with E-state index in [1.54, 1.807) is 0 Å². The fourth-order valence-corrected chi connectivity index (χ4v) is 7.64. The van der Waals surface area contributed by atoms with Gasteiger partial charge in [0.25, 0.3) is 0 Å². The number of nitrogens with zero attached hydrogens (tertiary/aromatic N) is 1. The van der Waals surface area contributed by atoms with Gasteiger partial charge < -0.3 is 9.32 Å². The first-order valence-corrected chi connectivity index (χ1v) is 15.3. The summed E-state index contributed by atoms with van der Waals surface area (Å²) in [4.78, 5) is 2.35. The van der Waals surface area contributed by atoms with E-state index in [-0.39, 0.29) is 0 Å². The van der Waals surface area contributed by atoms with Crippen molar-refractivity contribution in [3.05, 3.63) is 152 Å². The molecule has 0 spiro atoms. The number of para-hydroxylation sites is 2. The van der Waals surface area contributed by atoms with E-state index in [0.717, 1.165) is 33.6 Å². The molecule has 0 unspecified atom stereocenters. The van der Waals surface area contributed by atoms with Crippen molar-refractivity contribution in [1.82, 2.24) is 0 Å². The van der Waals surface area contributed by atoms with Crippen LogP contribution in [0.1, 0.15) is 0 Å². The number of thiophene rings is 1. The van der Waals surface area contributed by atoms with Crippen LogP contribution in [0.2, 0.25) is 0 Å². The minimum absolute atomic E-state index is 0.921. The molecule has 9 rings (SSSR count). The molecule has 0 saturated carbocycles. The Morgan fingerprint density at radius 2 is 1.16 bits per heavy atom. The van der Waals surface area contributed by atoms with Crippen molar-refractivity contribution >= 4 is 81.3 Å². The van der Waals surface area contributed by atoms with E-state index < -0.39 is 0 Å². The molecule has 0 saturated heterocycles. The monoisotopic (exact) mass is 567 g/mol. The third kappa shape index (κ3) is 3.86. The van der Waals surface area contributed by atoms with Crippen LogP contribution in [0, 0.1) is 0 Å². The highest BCUT2D eigenvalue weighted by Gasteiger charge is 2.17. The number of fused-ring (bicyclic) bond motifs is 8. The second kappa shape index (κ2) is 9.59. The van der Waals surface area contributed by atoms with Gasteiger partial charge in [-0.15, -0.1) is 11.3 Å². The van der Waals surface area contributed by atoms with E-state index >= 15 is 0 Å². The van der Waals surface area contributed by atoms with Crippen LogP contribution in [0.3, 0.4) is 0 Å². The van der Waals surface area contributed by atoms with Gasteiger partial charge in [-0.1, -0.05) is 97.1 Å². The molecule has 0 aliphatic heterocycles. The summed E-state index contributed by atoms with van der Waals surface area (Å²) in [5.41, 5.74) is 7.63. The van der Waals surface area contributed by atoms with Crippen LogP contribution in [0.15, 0.2) is 156 Å². The van der Waals surface area contributed by atoms with Crippen molar-refractivity contribution in [1.29, 1.82) is 0 Å². The average Bonchev–Trinajstić information content (AvgIpc) is 3.64. The summed E-state index contributed by atoms with van der Waals surface area (Å²) >= 11 is 1.85. The van der Waals surface area contributed by atoms with Crippen LogP contribution < -0.4 is 4.90 Å². The maximum absolute atomic E-state index is 6.24. The van der Waals surface area contributed by atoms with Crippen LogP contribution in [-0.4, -0.2) is 0 Å². The Morgan fingerprint density at radius 1 is 0.442 bits per heavy atom. The SMILES string of the molecule is c1ccc(N(c2ccc(-c3cccc4ccc5oc6ccccc6c5c34)cc2)c2ccc3c(c2)sc2ccccc23)cc1. The van der Waals surface area contributed by atoms with Gasteiger partial charge in [0.1, 0.15) is 11.2 Å². The van der Waals surface area contributed by atoms with Crippen LogP contribution in [0.25, 0.3) is 64.0 Å². The first-order valence-electron chi connectivity index (χ1n) is 14.5. The molecule has 2 aromatic heterocycles. The van der Waals surface area contributed by atoms with Crippen molar-refractivity contribution in [2.24, 2.45) is 0 Å². The number of benzene rings is 7. The lowest BCUT2D eigenvalue weighted by Gasteiger charge is -2.26. The molecule has 202 valence electrons. The summed E-state index contributed by atoms with van der Waals surface area (Å²) in [6, 6.07) is 54.3. The molecule has 9 aromatic rings. The van der Waals surface area contributed by atoms with Crippen molar-refractivity contribution in [3.8, 4) is 11.1 Å². The van der Waals surface area contributed by atoms with Crippen molar-refractivity contribution in [2.45, 2.75) is 0 Å². The summed E-state index contributed by atoms with van der Waals surface area (Å²) in [7, 11) is 0. The summed E-state index contributed by atoms with van der Waals surface area (Å²) in [5.74, 6) is 0. The molecule has 0 fully saturated rings. The highest BCUT2D eigenvalue weighted by atomic mass is 32.1. The molecule has 2 nitrogen and oxygen atoms in total. The van der Waals surface area contributed by atoms with Crippen molar-refractivity contribution in [2.75, 3.05) is 4.90 Å². The van der Waals surface area contributed by atoms with Crippen molar-refractivity contribution in [3.63, 3.8) is 0 Å². The first-order chi connectivity index (χ1) is 21.3. The minimum Gasteiger partial charge on any atom is -0.456 e. The Labute approximate surface area is 252 Å². The predicted octanol–water partition coefficient (Wildman–Crippen LogP) is 12.2. The smallest absolute Gasteiger partial charge is 0.136 e. The van der Waals surface area contributed by atoms with E-state index in [1.165, 1.54) is 47.5 Å². The summed E-state index contributed by atoms with van der Waals surface area (Å²) in [5, 5.41) is 7.39. The van der Waals surface area contributed by atoms with Gasteiger partial charge in [0.2, 0.25) is 0 Å².